The molecule has 1 atom stereocenters. The molecule has 16 heavy (non-hydrogen) atoms. The van der Waals surface area contributed by atoms with Crippen molar-refractivity contribution in [2.75, 3.05) is 6.54 Å². The van der Waals surface area contributed by atoms with Crippen LogP contribution in [0.3, 0.4) is 0 Å². The van der Waals surface area contributed by atoms with Crippen LogP contribution < -0.4 is 0 Å². The zero-order chi connectivity index (χ0) is 11.8. The molecule has 3 nitrogen and oxygen atoms in total. The topological polar surface area (TPSA) is 32.7 Å². The number of hydrogen-bond acceptors (Lipinski definition) is 2. The van der Waals surface area contributed by atoms with Crippen molar-refractivity contribution in [1.82, 2.24) is 4.90 Å². The number of benzene rings is 1. The number of carbonyl (C=O) groups is 1. The van der Waals surface area contributed by atoms with Crippen molar-refractivity contribution < 1.29 is 4.79 Å². The molecule has 0 saturated heterocycles. The Hall–Kier alpha value is -1.64. The fourth-order valence-electron chi connectivity index (χ4n) is 2.17. The van der Waals surface area contributed by atoms with Crippen molar-refractivity contribution in [2.45, 2.75) is 26.3 Å². The summed E-state index contributed by atoms with van der Waals surface area (Å²) in [5, 5.41) is 0. The maximum absolute atomic E-state index is 11.4. The van der Waals surface area contributed by atoms with Gasteiger partial charge in [-0.3, -0.25) is 14.7 Å². The average molecular weight is 216 g/mol. The largest absolute Gasteiger partial charge is 0.298 e. The van der Waals surface area contributed by atoms with Crippen LogP contribution in [0.1, 0.15) is 26.3 Å². The molecule has 2 rings (SSSR count). The summed E-state index contributed by atoms with van der Waals surface area (Å²) in [6.07, 6.45) is 0. The van der Waals surface area contributed by atoms with Crippen molar-refractivity contribution in [3.63, 3.8) is 0 Å². The van der Waals surface area contributed by atoms with Gasteiger partial charge < -0.3 is 0 Å². The van der Waals surface area contributed by atoms with Crippen LogP contribution >= 0.6 is 0 Å². The van der Waals surface area contributed by atoms with Crippen LogP contribution in [0, 0.1) is 0 Å². The molecule has 0 bridgehead atoms. The van der Waals surface area contributed by atoms with Gasteiger partial charge in [0.15, 0.2) is 0 Å². The van der Waals surface area contributed by atoms with Gasteiger partial charge in [-0.15, -0.1) is 0 Å². The van der Waals surface area contributed by atoms with Gasteiger partial charge in [0.25, 0.3) is 0 Å². The van der Waals surface area contributed by atoms with Crippen LogP contribution in [-0.4, -0.2) is 23.2 Å². The van der Waals surface area contributed by atoms with Crippen LogP contribution in [0.4, 0.5) is 0 Å². The molecule has 0 N–H and O–H groups in total. The molecule has 0 radical (unpaired) electrons. The molecule has 1 heterocycles. The van der Waals surface area contributed by atoms with E-state index in [1.165, 1.54) is 0 Å². The van der Waals surface area contributed by atoms with Crippen LogP contribution in [0.2, 0.25) is 0 Å². The third-order valence-corrected chi connectivity index (χ3v) is 3.04. The molecule has 84 valence electrons. The first kappa shape index (κ1) is 10.9. The molecule has 0 unspecified atom stereocenters. The monoisotopic (exact) mass is 216 g/mol. The predicted octanol–water partition coefficient (Wildman–Crippen LogP) is 2.18. The van der Waals surface area contributed by atoms with Gasteiger partial charge in [0.05, 0.1) is 6.54 Å². The summed E-state index contributed by atoms with van der Waals surface area (Å²) < 4.78 is 0. The maximum atomic E-state index is 11.4. The van der Waals surface area contributed by atoms with E-state index in [2.05, 4.69) is 24.0 Å². The van der Waals surface area contributed by atoms with Gasteiger partial charge in [0.2, 0.25) is 5.91 Å². The zero-order valence-electron chi connectivity index (χ0n) is 9.90. The fraction of sp³-hybridized carbons (Fsp3) is 0.385. The summed E-state index contributed by atoms with van der Waals surface area (Å²) in [6.45, 7) is 6.16. The molecule has 3 heteroatoms. The zero-order valence-corrected chi connectivity index (χ0v) is 9.90. The maximum Gasteiger partial charge on any atom is 0.224 e. The first-order valence-electron chi connectivity index (χ1n) is 5.43. The van der Waals surface area contributed by atoms with Gasteiger partial charge in [-0.05, 0) is 19.4 Å². The Balaban J connectivity index is 2.34. The van der Waals surface area contributed by atoms with Crippen LogP contribution in [0.15, 0.2) is 35.3 Å². The summed E-state index contributed by atoms with van der Waals surface area (Å²) in [6, 6.07) is 10.1. The molecular formula is C13H16N2O. The Morgan fingerprint density at radius 3 is 2.50 bits per heavy atom. The number of rotatable bonds is 1. The third kappa shape index (κ3) is 1.73. The standard InChI is InChI=1S/C13H16N2O/c1-10-14-13(3,9-15(10)11(2)16)12-7-5-4-6-8-12/h4-8H,9H2,1-3H3/t13-/m1/s1. The lowest BCUT2D eigenvalue weighted by atomic mass is 9.93. The number of nitrogens with zero attached hydrogens (tertiary/aromatic N) is 2. The van der Waals surface area contributed by atoms with Gasteiger partial charge in [-0.1, -0.05) is 30.3 Å². The third-order valence-electron chi connectivity index (χ3n) is 3.04. The lowest BCUT2D eigenvalue weighted by molar-refractivity contribution is -0.125. The second-order valence-corrected chi connectivity index (χ2v) is 4.40. The number of amides is 1. The molecule has 1 aromatic rings. The van der Waals surface area contributed by atoms with E-state index in [1.807, 2.05) is 25.1 Å². The lowest BCUT2D eigenvalue weighted by Crippen LogP contribution is -2.35. The average Bonchev–Trinajstić information content (AvgIpc) is 2.57. The van der Waals surface area contributed by atoms with Crippen molar-refractivity contribution in [2.24, 2.45) is 4.99 Å². The molecule has 0 spiro atoms. The lowest BCUT2D eigenvalue weighted by Gasteiger charge is -2.23. The second kappa shape index (κ2) is 3.74. The minimum absolute atomic E-state index is 0.0564. The number of amidine groups is 1. The minimum Gasteiger partial charge on any atom is -0.298 e. The Kier molecular flexibility index (Phi) is 2.54. The number of aliphatic imine (C=N–C) groups is 1. The summed E-state index contributed by atoms with van der Waals surface area (Å²) in [5.74, 6) is 0.861. The molecule has 0 saturated carbocycles. The number of hydrogen-bond donors (Lipinski definition) is 0. The molecule has 1 amide bonds. The van der Waals surface area contributed by atoms with Crippen molar-refractivity contribution in [3.05, 3.63) is 35.9 Å². The normalized spacial score (nSPS) is 24.4. The molecular weight excluding hydrogens is 200 g/mol. The highest BCUT2D eigenvalue weighted by atomic mass is 16.2. The van der Waals surface area contributed by atoms with Crippen LogP contribution in [-0.2, 0) is 10.3 Å². The quantitative estimate of drug-likeness (QED) is 0.708. The molecule has 1 aliphatic heterocycles. The van der Waals surface area contributed by atoms with E-state index in [4.69, 9.17) is 0 Å². The highest BCUT2D eigenvalue weighted by Gasteiger charge is 2.36. The fourth-order valence-corrected chi connectivity index (χ4v) is 2.17. The smallest absolute Gasteiger partial charge is 0.224 e. The van der Waals surface area contributed by atoms with E-state index in [9.17, 15) is 4.79 Å². The summed E-state index contributed by atoms with van der Waals surface area (Å²) in [7, 11) is 0. The SMILES string of the molecule is CC(=O)N1C[C@](C)(c2ccccc2)N=C1C. The van der Waals surface area contributed by atoms with Crippen LogP contribution in [0.25, 0.3) is 0 Å². The van der Waals surface area contributed by atoms with Gasteiger partial charge in [0, 0.05) is 6.92 Å². The van der Waals surface area contributed by atoms with Crippen molar-refractivity contribution >= 4 is 11.7 Å². The Labute approximate surface area is 95.8 Å². The molecule has 0 aliphatic carbocycles. The molecule has 0 fully saturated rings. The minimum atomic E-state index is -0.295. The molecule has 1 aromatic carbocycles. The molecule has 0 aromatic heterocycles. The Morgan fingerprint density at radius 2 is 2.00 bits per heavy atom. The Bertz CT molecular complexity index is 439. The first-order valence-corrected chi connectivity index (χ1v) is 5.43. The van der Waals surface area contributed by atoms with E-state index in [0.717, 1.165) is 11.4 Å². The van der Waals surface area contributed by atoms with Crippen LogP contribution in [0.5, 0.6) is 0 Å². The summed E-state index contributed by atoms with van der Waals surface area (Å²) in [4.78, 5) is 17.8. The Morgan fingerprint density at radius 1 is 1.38 bits per heavy atom. The predicted molar refractivity (Wildman–Crippen MR) is 64.3 cm³/mol. The summed E-state index contributed by atoms with van der Waals surface area (Å²) >= 11 is 0. The molecule has 1 aliphatic rings. The summed E-state index contributed by atoms with van der Waals surface area (Å²) in [5.41, 5.74) is 0.856. The van der Waals surface area contributed by atoms with Crippen molar-refractivity contribution in [3.8, 4) is 0 Å². The van der Waals surface area contributed by atoms with E-state index in [1.54, 1.807) is 11.8 Å². The van der Waals surface area contributed by atoms with Gasteiger partial charge >= 0.3 is 0 Å². The van der Waals surface area contributed by atoms with E-state index >= 15 is 0 Å². The first-order chi connectivity index (χ1) is 7.53. The van der Waals surface area contributed by atoms with Gasteiger partial charge in [-0.25, -0.2) is 0 Å². The highest BCUT2D eigenvalue weighted by Crippen LogP contribution is 2.31. The van der Waals surface area contributed by atoms with Crippen molar-refractivity contribution in [1.29, 1.82) is 0 Å². The highest BCUT2D eigenvalue weighted by molar-refractivity contribution is 5.97. The number of carbonyl (C=O) groups excluding carboxylic acids is 1. The van der Waals surface area contributed by atoms with E-state index < -0.39 is 0 Å². The van der Waals surface area contributed by atoms with E-state index in [-0.39, 0.29) is 11.4 Å². The van der Waals surface area contributed by atoms with Gasteiger partial charge in [0.1, 0.15) is 11.4 Å². The van der Waals surface area contributed by atoms with E-state index in [0.29, 0.717) is 6.54 Å². The van der Waals surface area contributed by atoms with Gasteiger partial charge in [-0.2, -0.15) is 0 Å². The second-order valence-electron chi connectivity index (χ2n) is 4.40.